The summed E-state index contributed by atoms with van der Waals surface area (Å²) in [5.41, 5.74) is 1.59. The summed E-state index contributed by atoms with van der Waals surface area (Å²) in [4.78, 5) is 2.29. The second-order valence-electron chi connectivity index (χ2n) is 7.50. The second kappa shape index (κ2) is 9.44. The monoisotopic (exact) mass is 439 g/mol. The van der Waals surface area contributed by atoms with E-state index in [0.29, 0.717) is 40.7 Å². The van der Waals surface area contributed by atoms with Gasteiger partial charge in [-0.2, -0.15) is 0 Å². The Balaban J connectivity index is 1.70. The smallest absolute Gasteiger partial charge is 0.231 e. The Morgan fingerprint density at radius 2 is 1.59 bits per heavy atom. The van der Waals surface area contributed by atoms with Crippen molar-refractivity contribution in [1.82, 2.24) is 4.90 Å². The predicted molar refractivity (Wildman–Crippen MR) is 124 cm³/mol. The number of nitrogens with zero attached hydrogens (tertiary/aromatic N) is 1. The largest absolute Gasteiger partial charge is 0.507 e. The molecule has 4 rings (SSSR count). The van der Waals surface area contributed by atoms with Gasteiger partial charge in [0.05, 0.1) is 14.2 Å². The fraction of sp³-hybridized carbons (Fsp3) is 0.360. The average molecular weight is 440 g/mol. The molecule has 170 valence electrons. The first-order chi connectivity index (χ1) is 15.6. The molecule has 1 aliphatic heterocycles. The lowest BCUT2D eigenvalue weighted by Gasteiger charge is -2.19. The Bertz CT molecular complexity index is 1110. The highest BCUT2D eigenvalue weighted by Gasteiger charge is 2.20. The summed E-state index contributed by atoms with van der Waals surface area (Å²) in [5, 5.41) is 12.4. The summed E-state index contributed by atoms with van der Waals surface area (Å²) < 4.78 is 28.1. The first-order valence-corrected chi connectivity index (χ1v) is 10.8. The molecule has 0 radical (unpaired) electrons. The lowest BCUT2D eigenvalue weighted by atomic mass is 9.98. The van der Waals surface area contributed by atoms with Crippen LogP contribution in [0, 0.1) is 0 Å². The molecule has 0 saturated carbocycles. The molecule has 7 heteroatoms. The molecule has 0 spiro atoms. The zero-order valence-electron chi connectivity index (χ0n) is 18.9. The van der Waals surface area contributed by atoms with Crippen LogP contribution in [0.15, 0.2) is 36.4 Å². The maximum Gasteiger partial charge on any atom is 0.231 e. The van der Waals surface area contributed by atoms with E-state index in [2.05, 4.69) is 18.7 Å². The SMILES string of the molecule is CCN(CC)CCOc1cc2c(O)cc(-c3cc4c(cc3OC)OCO4)cc2cc1OC. The van der Waals surface area contributed by atoms with E-state index in [1.165, 1.54) is 0 Å². The van der Waals surface area contributed by atoms with Crippen molar-refractivity contribution in [3.05, 3.63) is 36.4 Å². The Morgan fingerprint density at radius 3 is 2.28 bits per heavy atom. The molecule has 0 saturated heterocycles. The standard InChI is InChI=1S/C25H29NO6/c1-5-26(6-2)7-8-30-23-12-18-17(11-22(23)29-4)9-16(10-20(18)27)19-13-24-25(32-15-31-24)14-21(19)28-3/h9-14,27H,5-8,15H2,1-4H3. The van der Waals surface area contributed by atoms with E-state index in [1.54, 1.807) is 26.4 Å². The molecule has 0 amide bonds. The predicted octanol–water partition coefficient (Wildman–Crippen LogP) is 4.68. The minimum atomic E-state index is 0.147. The summed E-state index contributed by atoms with van der Waals surface area (Å²) in [6.07, 6.45) is 0. The van der Waals surface area contributed by atoms with Crippen LogP contribution in [0.3, 0.4) is 0 Å². The zero-order chi connectivity index (χ0) is 22.7. The summed E-state index contributed by atoms with van der Waals surface area (Å²) >= 11 is 0. The van der Waals surface area contributed by atoms with Gasteiger partial charge in [-0.1, -0.05) is 13.8 Å². The van der Waals surface area contributed by atoms with Gasteiger partial charge in [0.25, 0.3) is 0 Å². The maximum absolute atomic E-state index is 10.8. The van der Waals surface area contributed by atoms with Crippen LogP contribution >= 0.6 is 0 Å². The van der Waals surface area contributed by atoms with Crippen LogP contribution < -0.4 is 23.7 Å². The molecule has 7 nitrogen and oxygen atoms in total. The molecule has 32 heavy (non-hydrogen) atoms. The number of fused-ring (bicyclic) bond motifs is 2. The van der Waals surface area contributed by atoms with Gasteiger partial charge in [0, 0.05) is 23.6 Å². The van der Waals surface area contributed by atoms with Gasteiger partial charge < -0.3 is 33.7 Å². The Morgan fingerprint density at radius 1 is 0.875 bits per heavy atom. The van der Waals surface area contributed by atoms with Gasteiger partial charge in [-0.3, -0.25) is 0 Å². The Kier molecular flexibility index (Phi) is 6.46. The van der Waals surface area contributed by atoms with E-state index in [-0.39, 0.29) is 12.5 Å². The molecule has 0 aliphatic carbocycles. The molecule has 1 aliphatic rings. The number of hydrogen-bond donors (Lipinski definition) is 1. The fourth-order valence-corrected chi connectivity index (χ4v) is 3.92. The molecule has 0 fully saturated rings. The van der Waals surface area contributed by atoms with Crippen molar-refractivity contribution >= 4 is 10.8 Å². The number of phenols is 1. The minimum Gasteiger partial charge on any atom is -0.507 e. The normalized spacial score (nSPS) is 12.4. The molecular weight excluding hydrogens is 410 g/mol. The van der Waals surface area contributed by atoms with E-state index in [9.17, 15) is 5.11 Å². The van der Waals surface area contributed by atoms with Crippen molar-refractivity contribution in [2.45, 2.75) is 13.8 Å². The van der Waals surface area contributed by atoms with Crippen LogP contribution in [0.25, 0.3) is 21.9 Å². The number of rotatable bonds is 9. The quantitative estimate of drug-likeness (QED) is 0.519. The summed E-state index contributed by atoms with van der Waals surface area (Å²) in [6.45, 7) is 7.75. The number of hydrogen-bond acceptors (Lipinski definition) is 7. The van der Waals surface area contributed by atoms with Gasteiger partial charge in [-0.05, 0) is 54.4 Å². The van der Waals surface area contributed by atoms with Gasteiger partial charge in [-0.25, -0.2) is 0 Å². The highest BCUT2D eigenvalue weighted by Crippen LogP contribution is 2.45. The summed E-state index contributed by atoms with van der Waals surface area (Å²) in [7, 11) is 3.22. The van der Waals surface area contributed by atoms with E-state index in [4.69, 9.17) is 23.7 Å². The van der Waals surface area contributed by atoms with Crippen LogP contribution in [0.2, 0.25) is 0 Å². The van der Waals surface area contributed by atoms with E-state index in [1.807, 2.05) is 24.3 Å². The van der Waals surface area contributed by atoms with E-state index < -0.39 is 0 Å². The maximum atomic E-state index is 10.8. The van der Waals surface area contributed by atoms with Crippen LogP contribution in [0.1, 0.15) is 13.8 Å². The van der Waals surface area contributed by atoms with Crippen LogP contribution in [-0.2, 0) is 0 Å². The molecule has 3 aromatic carbocycles. The number of benzene rings is 3. The number of aromatic hydroxyl groups is 1. The first-order valence-electron chi connectivity index (χ1n) is 10.8. The van der Waals surface area contributed by atoms with Crippen molar-refractivity contribution < 1.29 is 28.8 Å². The Hall–Kier alpha value is -3.32. The number of ether oxygens (including phenoxy) is 5. The van der Waals surface area contributed by atoms with Crippen molar-refractivity contribution in [2.24, 2.45) is 0 Å². The van der Waals surface area contributed by atoms with E-state index >= 15 is 0 Å². The van der Waals surface area contributed by atoms with Crippen LogP contribution in [-0.4, -0.2) is 57.3 Å². The van der Waals surface area contributed by atoms with Crippen molar-refractivity contribution in [2.75, 3.05) is 47.3 Å². The Labute approximate surface area is 188 Å². The topological polar surface area (TPSA) is 69.6 Å². The molecular formula is C25H29NO6. The van der Waals surface area contributed by atoms with Gasteiger partial charge >= 0.3 is 0 Å². The molecule has 3 aromatic rings. The van der Waals surface area contributed by atoms with Gasteiger partial charge in [0.1, 0.15) is 18.1 Å². The molecule has 0 bridgehead atoms. The third-order valence-corrected chi connectivity index (χ3v) is 5.78. The van der Waals surface area contributed by atoms with Crippen molar-refractivity contribution in [3.63, 3.8) is 0 Å². The lowest BCUT2D eigenvalue weighted by Crippen LogP contribution is -2.27. The van der Waals surface area contributed by atoms with Gasteiger partial charge in [0.15, 0.2) is 23.0 Å². The molecule has 1 N–H and O–H groups in total. The number of phenolic OH excluding ortho intramolecular Hbond substituents is 1. The minimum absolute atomic E-state index is 0.147. The molecule has 1 heterocycles. The third kappa shape index (κ3) is 4.21. The second-order valence-corrected chi connectivity index (χ2v) is 7.50. The number of methoxy groups -OCH3 is 2. The van der Waals surface area contributed by atoms with Crippen molar-refractivity contribution in [1.29, 1.82) is 0 Å². The fourth-order valence-electron chi connectivity index (χ4n) is 3.92. The van der Waals surface area contributed by atoms with Crippen LogP contribution in [0.4, 0.5) is 0 Å². The highest BCUT2D eigenvalue weighted by molar-refractivity contribution is 5.95. The number of likely N-dealkylation sites (N-methyl/N-ethyl adjacent to an activating group) is 1. The van der Waals surface area contributed by atoms with E-state index in [0.717, 1.165) is 36.1 Å². The van der Waals surface area contributed by atoms with Crippen LogP contribution in [0.5, 0.6) is 34.5 Å². The lowest BCUT2D eigenvalue weighted by molar-refractivity contribution is 0.174. The van der Waals surface area contributed by atoms with Gasteiger partial charge in [-0.15, -0.1) is 0 Å². The van der Waals surface area contributed by atoms with Crippen molar-refractivity contribution in [3.8, 4) is 45.6 Å². The zero-order valence-corrected chi connectivity index (χ0v) is 18.9. The third-order valence-electron chi connectivity index (χ3n) is 5.78. The summed E-state index contributed by atoms with van der Waals surface area (Å²) in [6, 6.07) is 11.1. The molecule has 0 atom stereocenters. The molecule has 0 unspecified atom stereocenters. The average Bonchev–Trinajstić information content (AvgIpc) is 3.28. The van der Waals surface area contributed by atoms with Gasteiger partial charge in [0.2, 0.25) is 6.79 Å². The summed E-state index contributed by atoms with van der Waals surface area (Å²) in [5.74, 6) is 3.30. The first kappa shape index (κ1) is 21.9. The highest BCUT2D eigenvalue weighted by atomic mass is 16.7. The molecule has 0 aromatic heterocycles.